The van der Waals surface area contributed by atoms with Gasteiger partial charge in [-0.25, -0.2) is 4.39 Å². The lowest BCUT2D eigenvalue weighted by atomic mass is 10.0. The maximum absolute atomic E-state index is 12.8. The maximum atomic E-state index is 12.8. The van der Waals surface area contributed by atoms with E-state index in [1.54, 1.807) is 24.3 Å². The monoisotopic (exact) mass is 173 g/mol. The first-order chi connectivity index (χ1) is 6.16. The van der Waals surface area contributed by atoms with Gasteiger partial charge in [0.15, 0.2) is 0 Å². The fraction of sp³-hybridized carbons (Fsp3) is 0. The van der Waals surface area contributed by atoms with E-state index in [1.165, 1.54) is 0 Å². The van der Waals surface area contributed by atoms with Gasteiger partial charge in [-0.05, 0) is 0 Å². The van der Waals surface area contributed by atoms with E-state index in [2.05, 4.69) is 13.2 Å². The van der Waals surface area contributed by atoms with E-state index in [1.807, 2.05) is 6.07 Å². The van der Waals surface area contributed by atoms with Crippen LogP contribution in [0.25, 0.3) is 11.4 Å². The smallest absolute Gasteiger partial charge is 0.123 e. The van der Waals surface area contributed by atoms with Crippen LogP contribution in [0, 0.1) is 11.3 Å². The van der Waals surface area contributed by atoms with Gasteiger partial charge in [0.1, 0.15) is 5.83 Å². The van der Waals surface area contributed by atoms with Crippen molar-refractivity contribution in [2.24, 2.45) is 0 Å². The molecule has 0 aliphatic heterocycles. The van der Waals surface area contributed by atoms with Gasteiger partial charge in [-0.15, -0.1) is 0 Å². The number of hydrogen-bond donors (Lipinski definition) is 0. The molecule has 0 heterocycles. The fourth-order valence-electron chi connectivity index (χ4n) is 1.04. The molecule has 0 saturated carbocycles. The SMILES string of the molecule is C=C(F)c1ccccc1C(=C)C#N. The Morgan fingerprint density at radius 1 is 1.23 bits per heavy atom. The molecule has 0 aliphatic rings. The third-order valence-corrected chi connectivity index (χ3v) is 1.68. The number of nitriles is 1. The average molecular weight is 173 g/mol. The van der Waals surface area contributed by atoms with Crippen LogP contribution in [-0.4, -0.2) is 0 Å². The quantitative estimate of drug-likeness (QED) is 0.630. The van der Waals surface area contributed by atoms with Crippen molar-refractivity contribution in [2.45, 2.75) is 0 Å². The highest BCUT2D eigenvalue weighted by Gasteiger charge is 2.06. The first kappa shape index (κ1) is 9.21. The van der Waals surface area contributed by atoms with Crippen LogP contribution >= 0.6 is 0 Å². The van der Waals surface area contributed by atoms with Crippen LogP contribution in [0.2, 0.25) is 0 Å². The highest BCUT2D eigenvalue weighted by molar-refractivity contribution is 5.82. The summed E-state index contributed by atoms with van der Waals surface area (Å²) in [6.45, 7) is 6.70. The third-order valence-electron chi connectivity index (χ3n) is 1.68. The molecular weight excluding hydrogens is 165 g/mol. The molecule has 13 heavy (non-hydrogen) atoms. The average Bonchev–Trinajstić information content (AvgIpc) is 2.16. The summed E-state index contributed by atoms with van der Waals surface area (Å²) in [6, 6.07) is 8.50. The zero-order valence-corrected chi connectivity index (χ0v) is 7.05. The number of nitrogens with zero attached hydrogens (tertiary/aromatic N) is 1. The summed E-state index contributed by atoms with van der Waals surface area (Å²) in [6.07, 6.45) is 0. The molecule has 0 spiro atoms. The summed E-state index contributed by atoms with van der Waals surface area (Å²) in [5.74, 6) is -0.549. The van der Waals surface area contributed by atoms with Gasteiger partial charge >= 0.3 is 0 Å². The number of halogens is 1. The largest absolute Gasteiger partial charge is 0.207 e. The summed E-state index contributed by atoms with van der Waals surface area (Å²) in [7, 11) is 0. The van der Waals surface area contributed by atoms with Crippen molar-refractivity contribution in [3.8, 4) is 6.07 Å². The lowest BCUT2D eigenvalue weighted by Gasteiger charge is -2.03. The third kappa shape index (κ3) is 1.83. The van der Waals surface area contributed by atoms with E-state index in [0.29, 0.717) is 11.1 Å². The standard InChI is InChI=1S/C11H8FN/c1-8(7-13)10-5-3-4-6-11(10)9(2)12/h3-6H,1-2H2. The predicted octanol–water partition coefficient (Wildman–Crippen LogP) is 3.16. The highest BCUT2D eigenvalue weighted by atomic mass is 19.1. The van der Waals surface area contributed by atoms with Crippen molar-refractivity contribution in [1.29, 1.82) is 5.26 Å². The van der Waals surface area contributed by atoms with E-state index in [0.717, 1.165) is 0 Å². The van der Waals surface area contributed by atoms with Gasteiger partial charge in [0.2, 0.25) is 0 Å². The van der Waals surface area contributed by atoms with Gasteiger partial charge in [0, 0.05) is 11.1 Å². The van der Waals surface area contributed by atoms with Crippen molar-refractivity contribution >= 4 is 11.4 Å². The zero-order chi connectivity index (χ0) is 9.84. The maximum Gasteiger partial charge on any atom is 0.123 e. The Morgan fingerprint density at radius 2 is 1.77 bits per heavy atom. The normalized spacial score (nSPS) is 8.92. The minimum absolute atomic E-state index is 0.245. The van der Waals surface area contributed by atoms with Gasteiger partial charge in [-0.3, -0.25) is 0 Å². The van der Waals surface area contributed by atoms with Crippen LogP contribution in [0.5, 0.6) is 0 Å². The molecular formula is C11H8FN. The molecule has 0 N–H and O–H groups in total. The summed E-state index contributed by atoms with van der Waals surface area (Å²) in [5, 5.41) is 8.59. The molecule has 0 atom stereocenters. The Hall–Kier alpha value is -1.88. The number of allylic oxidation sites excluding steroid dienone is 1. The van der Waals surface area contributed by atoms with Gasteiger partial charge in [0.05, 0.1) is 11.6 Å². The van der Waals surface area contributed by atoms with E-state index < -0.39 is 5.83 Å². The Bertz CT molecular complexity index is 399. The zero-order valence-electron chi connectivity index (χ0n) is 7.05. The molecule has 2 heteroatoms. The second kappa shape index (κ2) is 3.68. The molecule has 64 valence electrons. The molecule has 1 rings (SSSR count). The number of hydrogen-bond acceptors (Lipinski definition) is 1. The van der Waals surface area contributed by atoms with Crippen molar-refractivity contribution in [1.82, 2.24) is 0 Å². The minimum Gasteiger partial charge on any atom is -0.207 e. The van der Waals surface area contributed by atoms with Gasteiger partial charge in [0.25, 0.3) is 0 Å². The van der Waals surface area contributed by atoms with Crippen LogP contribution in [-0.2, 0) is 0 Å². The Kier molecular flexibility index (Phi) is 2.61. The second-order valence-corrected chi connectivity index (χ2v) is 2.54. The second-order valence-electron chi connectivity index (χ2n) is 2.54. The van der Waals surface area contributed by atoms with Crippen LogP contribution in [0.3, 0.4) is 0 Å². The molecule has 0 fully saturated rings. The topological polar surface area (TPSA) is 23.8 Å². The van der Waals surface area contributed by atoms with E-state index in [9.17, 15) is 4.39 Å². The van der Waals surface area contributed by atoms with E-state index in [-0.39, 0.29) is 5.57 Å². The van der Waals surface area contributed by atoms with Gasteiger partial charge < -0.3 is 0 Å². The van der Waals surface area contributed by atoms with Crippen molar-refractivity contribution in [2.75, 3.05) is 0 Å². The molecule has 0 amide bonds. The van der Waals surface area contributed by atoms with Crippen molar-refractivity contribution < 1.29 is 4.39 Å². The Morgan fingerprint density at radius 3 is 2.23 bits per heavy atom. The van der Waals surface area contributed by atoms with Crippen LogP contribution < -0.4 is 0 Å². The number of benzene rings is 1. The summed E-state index contributed by atoms with van der Waals surface area (Å²) < 4.78 is 12.8. The lowest BCUT2D eigenvalue weighted by Crippen LogP contribution is -1.87. The summed E-state index contributed by atoms with van der Waals surface area (Å²) in [4.78, 5) is 0. The molecule has 0 radical (unpaired) electrons. The molecule has 1 nitrogen and oxygen atoms in total. The Balaban J connectivity index is 3.29. The van der Waals surface area contributed by atoms with Crippen molar-refractivity contribution in [3.05, 3.63) is 48.6 Å². The van der Waals surface area contributed by atoms with Crippen molar-refractivity contribution in [3.63, 3.8) is 0 Å². The molecule has 1 aromatic rings. The van der Waals surface area contributed by atoms with Crippen LogP contribution in [0.1, 0.15) is 11.1 Å². The fourth-order valence-corrected chi connectivity index (χ4v) is 1.04. The number of rotatable bonds is 2. The summed E-state index contributed by atoms with van der Waals surface area (Å²) in [5.41, 5.74) is 1.07. The van der Waals surface area contributed by atoms with Crippen LogP contribution in [0.15, 0.2) is 37.4 Å². The lowest BCUT2D eigenvalue weighted by molar-refractivity contribution is 0.763. The van der Waals surface area contributed by atoms with Gasteiger partial charge in [-0.1, -0.05) is 37.4 Å². The first-order valence-corrected chi connectivity index (χ1v) is 3.70. The minimum atomic E-state index is -0.549. The molecule has 0 saturated heterocycles. The Labute approximate surface area is 76.4 Å². The van der Waals surface area contributed by atoms with Crippen LogP contribution in [0.4, 0.5) is 4.39 Å². The van der Waals surface area contributed by atoms with E-state index >= 15 is 0 Å². The van der Waals surface area contributed by atoms with E-state index in [4.69, 9.17) is 5.26 Å². The highest BCUT2D eigenvalue weighted by Crippen LogP contribution is 2.23. The summed E-state index contributed by atoms with van der Waals surface area (Å²) >= 11 is 0. The molecule has 0 bridgehead atoms. The van der Waals surface area contributed by atoms with Gasteiger partial charge in [-0.2, -0.15) is 5.26 Å². The molecule has 0 unspecified atom stereocenters. The first-order valence-electron chi connectivity index (χ1n) is 3.70. The predicted molar refractivity (Wildman–Crippen MR) is 51.2 cm³/mol. The molecule has 0 aromatic heterocycles. The molecule has 1 aromatic carbocycles. The molecule has 0 aliphatic carbocycles.